The molecule has 2 atom stereocenters. The summed E-state index contributed by atoms with van der Waals surface area (Å²) in [5.74, 6) is 0. The van der Waals surface area contributed by atoms with Crippen LogP contribution in [0.15, 0.2) is 16.8 Å². The molecule has 0 spiro atoms. The van der Waals surface area contributed by atoms with Gasteiger partial charge in [-0.15, -0.1) is 0 Å². The van der Waals surface area contributed by atoms with E-state index in [0.717, 1.165) is 19.4 Å². The highest BCUT2D eigenvalue weighted by Gasteiger charge is 2.14. The predicted octanol–water partition coefficient (Wildman–Crippen LogP) is 2.69. The SMILES string of the molecule is CCOC(C)C(CCc1ccsc1)NC. The van der Waals surface area contributed by atoms with Crippen molar-refractivity contribution in [1.82, 2.24) is 5.32 Å². The van der Waals surface area contributed by atoms with Crippen molar-refractivity contribution in [2.45, 2.75) is 38.8 Å². The molecule has 0 saturated carbocycles. The predicted molar refractivity (Wildman–Crippen MR) is 66.6 cm³/mol. The number of thiophene rings is 1. The Morgan fingerprint density at radius 2 is 2.33 bits per heavy atom. The first-order valence-corrected chi connectivity index (χ1v) is 6.52. The third kappa shape index (κ3) is 4.33. The van der Waals surface area contributed by atoms with E-state index in [0.29, 0.717) is 12.1 Å². The Bertz CT molecular complexity index is 248. The number of ether oxygens (including phenoxy) is 1. The molecule has 0 aliphatic rings. The molecule has 1 aromatic rings. The average Bonchev–Trinajstić information content (AvgIpc) is 2.72. The summed E-state index contributed by atoms with van der Waals surface area (Å²) in [5.41, 5.74) is 1.43. The maximum absolute atomic E-state index is 5.60. The van der Waals surface area contributed by atoms with Crippen LogP contribution < -0.4 is 5.32 Å². The van der Waals surface area contributed by atoms with Crippen molar-refractivity contribution in [2.24, 2.45) is 0 Å². The monoisotopic (exact) mass is 227 g/mol. The van der Waals surface area contributed by atoms with Gasteiger partial charge in [0.1, 0.15) is 0 Å². The van der Waals surface area contributed by atoms with Gasteiger partial charge in [0.05, 0.1) is 6.10 Å². The number of rotatable bonds is 7. The lowest BCUT2D eigenvalue weighted by molar-refractivity contribution is 0.0474. The number of likely N-dealkylation sites (N-methyl/N-ethyl adjacent to an activating group) is 1. The Morgan fingerprint density at radius 1 is 1.53 bits per heavy atom. The Morgan fingerprint density at radius 3 is 2.87 bits per heavy atom. The minimum absolute atomic E-state index is 0.290. The summed E-state index contributed by atoms with van der Waals surface area (Å²) >= 11 is 1.77. The van der Waals surface area contributed by atoms with Crippen LogP contribution in [-0.2, 0) is 11.2 Å². The third-order valence-corrected chi connectivity index (χ3v) is 3.42. The molecular weight excluding hydrogens is 206 g/mol. The summed E-state index contributed by atoms with van der Waals surface area (Å²) in [6.45, 7) is 4.97. The zero-order chi connectivity index (χ0) is 11.1. The molecule has 2 unspecified atom stereocenters. The summed E-state index contributed by atoms with van der Waals surface area (Å²) < 4.78 is 5.60. The molecule has 0 fully saturated rings. The normalized spacial score (nSPS) is 15.1. The van der Waals surface area contributed by atoms with Gasteiger partial charge in [0, 0.05) is 12.6 Å². The smallest absolute Gasteiger partial charge is 0.0699 e. The lowest BCUT2D eigenvalue weighted by atomic mass is 10.0. The highest BCUT2D eigenvalue weighted by molar-refractivity contribution is 7.07. The molecule has 3 heteroatoms. The Kier molecular flexibility index (Phi) is 5.91. The molecule has 0 aliphatic carbocycles. The highest BCUT2D eigenvalue weighted by Crippen LogP contribution is 2.12. The van der Waals surface area contributed by atoms with E-state index in [1.807, 2.05) is 14.0 Å². The summed E-state index contributed by atoms with van der Waals surface area (Å²) in [4.78, 5) is 0. The summed E-state index contributed by atoms with van der Waals surface area (Å²) in [5, 5.41) is 7.68. The summed E-state index contributed by atoms with van der Waals surface area (Å²) in [6, 6.07) is 2.65. The first-order chi connectivity index (χ1) is 7.27. The Labute approximate surface area is 96.7 Å². The third-order valence-electron chi connectivity index (χ3n) is 2.69. The van der Waals surface area contributed by atoms with E-state index in [1.54, 1.807) is 11.3 Å². The van der Waals surface area contributed by atoms with Crippen molar-refractivity contribution in [3.05, 3.63) is 22.4 Å². The molecule has 0 amide bonds. The van der Waals surface area contributed by atoms with Gasteiger partial charge < -0.3 is 10.1 Å². The first kappa shape index (κ1) is 12.7. The number of hydrogen-bond donors (Lipinski definition) is 1. The molecule has 1 heterocycles. The molecule has 0 aliphatic heterocycles. The quantitative estimate of drug-likeness (QED) is 0.773. The van der Waals surface area contributed by atoms with Crippen LogP contribution >= 0.6 is 11.3 Å². The van der Waals surface area contributed by atoms with E-state index in [1.165, 1.54) is 5.56 Å². The molecule has 2 nitrogen and oxygen atoms in total. The maximum atomic E-state index is 5.60. The van der Waals surface area contributed by atoms with Crippen LogP contribution in [0.4, 0.5) is 0 Å². The molecule has 0 radical (unpaired) electrons. The average molecular weight is 227 g/mol. The summed E-state index contributed by atoms with van der Waals surface area (Å²) in [7, 11) is 2.01. The lowest BCUT2D eigenvalue weighted by Gasteiger charge is -2.23. The van der Waals surface area contributed by atoms with Crippen LogP contribution in [0.1, 0.15) is 25.8 Å². The van der Waals surface area contributed by atoms with Crippen molar-refractivity contribution in [3.63, 3.8) is 0 Å². The van der Waals surface area contributed by atoms with E-state index >= 15 is 0 Å². The van der Waals surface area contributed by atoms with E-state index in [2.05, 4.69) is 29.1 Å². The van der Waals surface area contributed by atoms with Gasteiger partial charge in [0.15, 0.2) is 0 Å². The van der Waals surface area contributed by atoms with Gasteiger partial charge in [-0.1, -0.05) is 0 Å². The molecule has 1 N–H and O–H groups in total. The Hall–Kier alpha value is -0.380. The first-order valence-electron chi connectivity index (χ1n) is 5.57. The van der Waals surface area contributed by atoms with E-state index < -0.39 is 0 Å². The van der Waals surface area contributed by atoms with Crippen LogP contribution in [0.2, 0.25) is 0 Å². The largest absolute Gasteiger partial charge is 0.377 e. The van der Waals surface area contributed by atoms with Gasteiger partial charge in [0.2, 0.25) is 0 Å². The van der Waals surface area contributed by atoms with Crippen LogP contribution in [-0.4, -0.2) is 25.8 Å². The zero-order valence-electron chi connectivity index (χ0n) is 9.82. The second-order valence-electron chi connectivity index (χ2n) is 3.73. The molecule has 0 saturated heterocycles. The van der Waals surface area contributed by atoms with E-state index in [4.69, 9.17) is 4.74 Å². The van der Waals surface area contributed by atoms with Crippen molar-refractivity contribution in [2.75, 3.05) is 13.7 Å². The molecular formula is C12H21NOS. The fourth-order valence-electron chi connectivity index (χ4n) is 1.75. The number of hydrogen-bond acceptors (Lipinski definition) is 3. The van der Waals surface area contributed by atoms with Gasteiger partial charge in [-0.3, -0.25) is 0 Å². The topological polar surface area (TPSA) is 21.3 Å². The van der Waals surface area contributed by atoms with Gasteiger partial charge in [0.25, 0.3) is 0 Å². The van der Waals surface area contributed by atoms with Gasteiger partial charge in [-0.05, 0) is 56.1 Å². The summed E-state index contributed by atoms with van der Waals surface area (Å²) in [6.07, 6.45) is 2.56. The second-order valence-corrected chi connectivity index (χ2v) is 4.51. The van der Waals surface area contributed by atoms with Crippen LogP contribution in [0, 0.1) is 0 Å². The minimum atomic E-state index is 0.290. The number of aryl methyl sites for hydroxylation is 1. The highest BCUT2D eigenvalue weighted by atomic mass is 32.1. The van der Waals surface area contributed by atoms with Crippen LogP contribution in [0.5, 0.6) is 0 Å². The second kappa shape index (κ2) is 6.99. The minimum Gasteiger partial charge on any atom is -0.377 e. The number of nitrogens with one attached hydrogen (secondary N) is 1. The zero-order valence-corrected chi connectivity index (χ0v) is 10.6. The van der Waals surface area contributed by atoms with Crippen molar-refractivity contribution in [3.8, 4) is 0 Å². The van der Waals surface area contributed by atoms with E-state index in [-0.39, 0.29) is 0 Å². The van der Waals surface area contributed by atoms with Crippen molar-refractivity contribution >= 4 is 11.3 Å². The molecule has 0 aromatic carbocycles. The molecule has 1 rings (SSSR count). The van der Waals surface area contributed by atoms with Gasteiger partial charge >= 0.3 is 0 Å². The standard InChI is InChI=1S/C12H21NOS/c1-4-14-10(2)12(13-3)6-5-11-7-8-15-9-11/h7-10,12-13H,4-6H2,1-3H3. The van der Waals surface area contributed by atoms with Gasteiger partial charge in [-0.25, -0.2) is 0 Å². The van der Waals surface area contributed by atoms with Crippen LogP contribution in [0.25, 0.3) is 0 Å². The fourth-order valence-corrected chi connectivity index (χ4v) is 2.45. The van der Waals surface area contributed by atoms with Crippen molar-refractivity contribution < 1.29 is 4.74 Å². The Balaban J connectivity index is 2.33. The molecule has 86 valence electrons. The molecule has 1 aromatic heterocycles. The molecule has 0 bridgehead atoms. The van der Waals surface area contributed by atoms with Crippen LogP contribution in [0.3, 0.4) is 0 Å². The maximum Gasteiger partial charge on any atom is 0.0699 e. The van der Waals surface area contributed by atoms with Gasteiger partial charge in [-0.2, -0.15) is 11.3 Å². The molecule has 15 heavy (non-hydrogen) atoms. The fraction of sp³-hybridized carbons (Fsp3) is 0.667. The lowest BCUT2D eigenvalue weighted by Crippen LogP contribution is -2.37. The van der Waals surface area contributed by atoms with Crippen molar-refractivity contribution in [1.29, 1.82) is 0 Å². The van der Waals surface area contributed by atoms with E-state index in [9.17, 15) is 0 Å².